The van der Waals surface area contributed by atoms with E-state index < -0.39 is 0 Å². The first kappa shape index (κ1) is 12.2. The Morgan fingerprint density at radius 1 is 1.09 bits per heavy atom. The first-order chi connectivity index (χ1) is 10.8. The number of rotatable bonds is 2. The molecule has 0 spiro atoms. The molecule has 0 radical (unpaired) electrons. The Bertz CT molecular complexity index is 887. The summed E-state index contributed by atoms with van der Waals surface area (Å²) in [7, 11) is 0. The van der Waals surface area contributed by atoms with E-state index in [-0.39, 0.29) is 0 Å². The van der Waals surface area contributed by atoms with Gasteiger partial charge in [-0.1, -0.05) is 35.9 Å². The van der Waals surface area contributed by atoms with Gasteiger partial charge < -0.3 is 5.32 Å². The second-order valence-electron chi connectivity index (χ2n) is 6.51. The van der Waals surface area contributed by atoms with Crippen LogP contribution in [-0.4, -0.2) is 16.0 Å². The van der Waals surface area contributed by atoms with Gasteiger partial charge in [0.05, 0.1) is 5.52 Å². The molecular weight excluding hydrogens is 270 g/mol. The molecule has 2 aliphatic rings. The van der Waals surface area contributed by atoms with E-state index in [2.05, 4.69) is 64.7 Å². The van der Waals surface area contributed by atoms with Gasteiger partial charge in [-0.05, 0) is 42.5 Å². The second kappa shape index (κ2) is 4.29. The van der Waals surface area contributed by atoms with Crippen molar-refractivity contribution in [1.29, 1.82) is 0 Å². The van der Waals surface area contributed by atoms with Crippen LogP contribution < -0.4 is 5.32 Å². The lowest BCUT2D eigenvalue weighted by atomic mass is 10.1. The number of benzene rings is 2. The number of aromatic nitrogens is 2. The molecule has 1 N–H and O–H groups in total. The minimum absolute atomic E-state index is 0.522. The maximum absolute atomic E-state index is 4.49. The quantitative estimate of drug-likeness (QED) is 0.781. The Labute approximate surface area is 129 Å². The first-order valence-corrected chi connectivity index (χ1v) is 7.87. The predicted molar refractivity (Wildman–Crippen MR) is 88.1 cm³/mol. The molecule has 3 atom stereocenters. The van der Waals surface area contributed by atoms with Crippen LogP contribution in [0.15, 0.2) is 48.8 Å². The maximum Gasteiger partial charge on any atom is 0.137 e. The van der Waals surface area contributed by atoms with Crippen molar-refractivity contribution in [3.63, 3.8) is 0 Å². The standard InChI is InChI=1S/C19H17N3/c1-11-6-7-16-14(8-11)19(21-10-20-16)22-18-15-9-12-4-2-3-5-13(12)17(15)18/h2-8,10,15,17-18H,9H2,1H3,(H,20,21,22). The summed E-state index contributed by atoms with van der Waals surface area (Å²) in [6, 6.07) is 15.7. The van der Waals surface area contributed by atoms with E-state index in [9.17, 15) is 0 Å². The number of nitrogens with one attached hydrogen (secondary N) is 1. The molecule has 2 aliphatic carbocycles. The van der Waals surface area contributed by atoms with Gasteiger partial charge >= 0.3 is 0 Å². The van der Waals surface area contributed by atoms with Gasteiger partial charge in [0.1, 0.15) is 12.1 Å². The van der Waals surface area contributed by atoms with Crippen LogP contribution in [0.5, 0.6) is 0 Å². The van der Waals surface area contributed by atoms with Crippen LogP contribution in [-0.2, 0) is 6.42 Å². The molecule has 1 aromatic heterocycles. The highest BCUT2D eigenvalue weighted by molar-refractivity contribution is 5.89. The van der Waals surface area contributed by atoms with E-state index in [0.29, 0.717) is 12.0 Å². The smallest absolute Gasteiger partial charge is 0.137 e. The molecule has 3 heteroatoms. The molecule has 108 valence electrons. The molecule has 0 aliphatic heterocycles. The predicted octanol–water partition coefficient (Wildman–Crippen LogP) is 3.69. The van der Waals surface area contributed by atoms with Crippen molar-refractivity contribution in [2.75, 3.05) is 5.32 Å². The molecule has 3 nitrogen and oxygen atoms in total. The number of hydrogen-bond acceptors (Lipinski definition) is 3. The summed E-state index contributed by atoms with van der Waals surface area (Å²) in [6.07, 6.45) is 2.85. The van der Waals surface area contributed by atoms with E-state index >= 15 is 0 Å². The Morgan fingerprint density at radius 2 is 2.00 bits per heavy atom. The molecule has 0 bridgehead atoms. The number of fused-ring (bicyclic) bond motifs is 4. The van der Waals surface area contributed by atoms with Crippen LogP contribution in [0, 0.1) is 12.8 Å². The zero-order chi connectivity index (χ0) is 14.7. The summed E-state index contributed by atoms with van der Waals surface area (Å²) in [5.41, 5.74) is 5.31. The molecular formula is C19H17N3. The number of anilines is 1. The topological polar surface area (TPSA) is 37.8 Å². The fourth-order valence-corrected chi connectivity index (χ4v) is 3.99. The molecule has 0 saturated heterocycles. The minimum atomic E-state index is 0.522. The second-order valence-corrected chi connectivity index (χ2v) is 6.51. The minimum Gasteiger partial charge on any atom is -0.366 e. The summed E-state index contributed by atoms with van der Waals surface area (Å²) in [5, 5.41) is 4.80. The van der Waals surface area contributed by atoms with Crippen LogP contribution in [0.4, 0.5) is 5.82 Å². The summed E-state index contributed by atoms with van der Waals surface area (Å²) < 4.78 is 0. The van der Waals surface area contributed by atoms with Crippen molar-refractivity contribution in [2.45, 2.75) is 25.3 Å². The van der Waals surface area contributed by atoms with E-state index in [1.165, 1.54) is 23.1 Å². The molecule has 5 rings (SSSR count). The van der Waals surface area contributed by atoms with Crippen LogP contribution in [0.2, 0.25) is 0 Å². The van der Waals surface area contributed by atoms with Crippen molar-refractivity contribution in [1.82, 2.24) is 9.97 Å². The lowest BCUT2D eigenvalue weighted by Gasteiger charge is -2.12. The van der Waals surface area contributed by atoms with Crippen molar-refractivity contribution in [3.05, 3.63) is 65.5 Å². The van der Waals surface area contributed by atoms with Crippen molar-refractivity contribution in [3.8, 4) is 0 Å². The highest BCUT2D eigenvalue weighted by Gasteiger charge is 2.55. The number of hydrogen-bond donors (Lipinski definition) is 1. The third-order valence-electron chi connectivity index (χ3n) is 5.13. The maximum atomic E-state index is 4.49. The third-order valence-corrected chi connectivity index (χ3v) is 5.13. The zero-order valence-electron chi connectivity index (χ0n) is 12.5. The summed E-state index contributed by atoms with van der Waals surface area (Å²) in [6.45, 7) is 2.11. The van der Waals surface area contributed by atoms with Crippen molar-refractivity contribution < 1.29 is 0 Å². The van der Waals surface area contributed by atoms with Gasteiger partial charge in [-0.15, -0.1) is 0 Å². The van der Waals surface area contributed by atoms with Gasteiger partial charge in [0.25, 0.3) is 0 Å². The van der Waals surface area contributed by atoms with Crippen LogP contribution in [0.3, 0.4) is 0 Å². The molecule has 1 saturated carbocycles. The fourth-order valence-electron chi connectivity index (χ4n) is 3.99. The third kappa shape index (κ3) is 1.68. The average Bonchev–Trinajstić information content (AvgIpc) is 3.05. The monoisotopic (exact) mass is 287 g/mol. The van der Waals surface area contributed by atoms with E-state index in [0.717, 1.165) is 22.6 Å². The summed E-state index contributed by atoms with van der Waals surface area (Å²) in [5.74, 6) is 2.36. The van der Waals surface area contributed by atoms with Crippen LogP contribution in [0.1, 0.15) is 22.6 Å². The Balaban J connectivity index is 1.48. The van der Waals surface area contributed by atoms with Crippen molar-refractivity contribution >= 4 is 16.7 Å². The molecule has 22 heavy (non-hydrogen) atoms. The van der Waals surface area contributed by atoms with Gasteiger partial charge in [0.15, 0.2) is 0 Å². The molecule has 3 unspecified atom stereocenters. The molecule has 1 fully saturated rings. The van der Waals surface area contributed by atoms with Gasteiger partial charge in [0.2, 0.25) is 0 Å². The van der Waals surface area contributed by atoms with E-state index in [1.54, 1.807) is 6.33 Å². The van der Waals surface area contributed by atoms with E-state index in [1.807, 2.05) is 0 Å². The fraction of sp³-hybridized carbons (Fsp3) is 0.263. The average molecular weight is 287 g/mol. The Kier molecular flexibility index (Phi) is 2.37. The van der Waals surface area contributed by atoms with Gasteiger partial charge in [-0.3, -0.25) is 0 Å². The van der Waals surface area contributed by atoms with Gasteiger partial charge in [0, 0.05) is 17.3 Å². The highest BCUT2D eigenvalue weighted by atomic mass is 15.1. The normalized spacial score (nSPS) is 24.9. The Morgan fingerprint density at radius 3 is 2.95 bits per heavy atom. The SMILES string of the molecule is Cc1ccc2ncnc(NC3C4Cc5ccccc5C43)c2c1. The summed E-state index contributed by atoms with van der Waals surface area (Å²) in [4.78, 5) is 8.86. The van der Waals surface area contributed by atoms with Crippen LogP contribution in [0.25, 0.3) is 10.9 Å². The number of aryl methyl sites for hydroxylation is 1. The Hall–Kier alpha value is -2.42. The van der Waals surface area contributed by atoms with Crippen LogP contribution >= 0.6 is 0 Å². The molecule has 2 aromatic carbocycles. The first-order valence-electron chi connectivity index (χ1n) is 7.87. The number of nitrogens with zero attached hydrogens (tertiary/aromatic N) is 2. The molecule has 3 aromatic rings. The zero-order valence-corrected chi connectivity index (χ0v) is 12.5. The molecule has 1 heterocycles. The van der Waals surface area contributed by atoms with Gasteiger partial charge in [-0.25, -0.2) is 9.97 Å². The summed E-state index contributed by atoms with van der Waals surface area (Å²) >= 11 is 0. The van der Waals surface area contributed by atoms with Gasteiger partial charge in [-0.2, -0.15) is 0 Å². The van der Waals surface area contributed by atoms with E-state index in [4.69, 9.17) is 0 Å². The lowest BCUT2D eigenvalue weighted by molar-refractivity contribution is 0.822. The lowest BCUT2D eigenvalue weighted by Crippen LogP contribution is -2.11. The molecule has 0 amide bonds. The highest BCUT2D eigenvalue weighted by Crippen LogP contribution is 2.57. The van der Waals surface area contributed by atoms with Crippen molar-refractivity contribution in [2.24, 2.45) is 5.92 Å². The largest absolute Gasteiger partial charge is 0.366 e.